The minimum absolute atomic E-state index is 0.0864. The normalized spacial score (nSPS) is 12.2. The molecule has 1 atom stereocenters. The van der Waals surface area contributed by atoms with Crippen molar-refractivity contribution in [2.24, 2.45) is 0 Å². The highest BCUT2D eigenvalue weighted by Crippen LogP contribution is 2.19. The van der Waals surface area contributed by atoms with E-state index < -0.39 is 0 Å². The van der Waals surface area contributed by atoms with Crippen molar-refractivity contribution in [3.63, 3.8) is 0 Å². The summed E-state index contributed by atoms with van der Waals surface area (Å²) in [7, 11) is 0. The molecule has 0 fully saturated rings. The molecular weight excluding hydrogens is 298 g/mol. The molecule has 1 N–H and O–H groups in total. The maximum Gasteiger partial charge on any atom is 0.227 e. The minimum atomic E-state index is -0.0880. The van der Waals surface area contributed by atoms with E-state index in [0.29, 0.717) is 6.54 Å². The van der Waals surface area contributed by atoms with Crippen LogP contribution in [0.1, 0.15) is 36.1 Å². The molecule has 2 aromatic heterocycles. The Labute approximate surface area is 142 Å². The van der Waals surface area contributed by atoms with E-state index in [-0.39, 0.29) is 11.8 Å². The summed E-state index contributed by atoms with van der Waals surface area (Å²) in [6.07, 6.45) is 5.57. The van der Waals surface area contributed by atoms with Gasteiger partial charge < -0.3 is 9.72 Å². The molecule has 1 aromatic carbocycles. The molecule has 1 amide bonds. The van der Waals surface area contributed by atoms with Gasteiger partial charge in [-0.25, -0.2) is 4.98 Å². The first kappa shape index (κ1) is 16.2. The Balaban J connectivity index is 1.59. The van der Waals surface area contributed by atoms with Gasteiger partial charge in [-0.3, -0.25) is 4.79 Å². The summed E-state index contributed by atoms with van der Waals surface area (Å²) in [5.74, 6) is -0.00164. The highest BCUT2D eigenvalue weighted by Gasteiger charge is 2.17. The van der Waals surface area contributed by atoms with Crippen LogP contribution >= 0.6 is 0 Å². The number of imidazole rings is 1. The van der Waals surface area contributed by atoms with E-state index in [2.05, 4.69) is 29.4 Å². The third-order valence-electron chi connectivity index (χ3n) is 4.27. The number of nitrogens with zero attached hydrogens (tertiary/aromatic N) is 2. The van der Waals surface area contributed by atoms with Crippen molar-refractivity contribution in [1.82, 2.24) is 14.7 Å². The van der Waals surface area contributed by atoms with Crippen LogP contribution < -0.4 is 5.32 Å². The number of amides is 1. The topological polar surface area (TPSA) is 46.4 Å². The molecule has 4 nitrogen and oxygen atoms in total. The molecule has 0 radical (unpaired) electrons. The first-order valence-corrected chi connectivity index (χ1v) is 8.44. The molecule has 0 spiro atoms. The summed E-state index contributed by atoms with van der Waals surface area (Å²) in [6.45, 7) is 4.70. The summed E-state index contributed by atoms with van der Waals surface area (Å²) < 4.78 is 2.02. The van der Waals surface area contributed by atoms with E-state index in [1.807, 2.05) is 54.0 Å². The average Bonchev–Trinajstić information content (AvgIpc) is 2.98. The van der Waals surface area contributed by atoms with E-state index in [4.69, 9.17) is 0 Å². The molecule has 1 unspecified atom stereocenters. The van der Waals surface area contributed by atoms with Crippen LogP contribution in [0.4, 0.5) is 0 Å². The second kappa shape index (κ2) is 7.30. The predicted octanol–water partition coefficient (Wildman–Crippen LogP) is 3.50. The third-order valence-corrected chi connectivity index (χ3v) is 4.27. The molecule has 0 bridgehead atoms. The van der Waals surface area contributed by atoms with Crippen molar-refractivity contribution in [2.45, 2.75) is 32.6 Å². The number of aryl methyl sites for hydroxylation is 1. The Kier molecular flexibility index (Phi) is 4.94. The number of hydrogen-bond acceptors (Lipinski definition) is 2. The molecule has 0 saturated carbocycles. The van der Waals surface area contributed by atoms with E-state index in [1.165, 1.54) is 5.56 Å². The van der Waals surface area contributed by atoms with Crippen LogP contribution in [-0.2, 0) is 11.2 Å². The Morgan fingerprint density at radius 2 is 2.04 bits per heavy atom. The maximum absolute atomic E-state index is 12.4. The van der Waals surface area contributed by atoms with Gasteiger partial charge in [0.2, 0.25) is 5.91 Å². The molecule has 3 rings (SSSR count). The van der Waals surface area contributed by atoms with Crippen LogP contribution in [0.2, 0.25) is 0 Å². The molecule has 0 aliphatic heterocycles. The molecule has 4 heteroatoms. The van der Waals surface area contributed by atoms with Crippen LogP contribution in [0.25, 0.3) is 5.65 Å². The highest BCUT2D eigenvalue weighted by atomic mass is 16.1. The van der Waals surface area contributed by atoms with Crippen molar-refractivity contribution >= 4 is 11.6 Å². The fourth-order valence-corrected chi connectivity index (χ4v) is 2.95. The number of benzene rings is 1. The Morgan fingerprint density at radius 1 is 1.25 bits per heavy atom. The van der Waals surface area contributed by atoms with Gasteiger partial charge in [-0.2, -0.15) is 0 Å². The van der Waals surface area contributed by atoms with E-state index in [0.717, 1.165) is 29.7 Å². The lowest BCUT2D eigenvalue weighted by Gasteiger charge is -2.15. The molecule has 0 saturated heterocycles. The number of rotatable bonds is 6. The third kappa shape index (κ3) is 3.65. The lowest BCUT2D eigenvalue weighted by atomic mass is 9.96. The standard InChI is InChI=1S/C20H23N3O/c1-3-18(16-7-5-4-6-8-16)20(24)21-11-9-17-14-23-12-10-15(2)13-19(23)22-17/h4-8,10,12-14,18H,3,9,11H2,1-2H3,(H,21,24). The number of carbonyl (C=O) groups excluding carboxylic acids is 1. The first-order chi connectivity index (χ1) is 11.7. The first-order valence-electron chi connectivity index (χ1n) is 8.44. The van der Waals surface area contributed by atoms with Crippen LogP contribution in [0.3, 0.4) is 0 Å². The van der Waals surface area contributed by atoms with Crippen LogP contribution in [0.15, 0.2) is 54.9 Å². The van der Waals surface area contributed by atoms with Gasteiger partial charge in [0.15, 0.2) is 0 Å². The zero-order chi connectivity index (χ0) is 16.9. The minimum Gasteiger partial charge on any atom is -0.355 e. The van der Waals surface area contributed by atoms with Crippen LogP contribution in [0, 0.1) is 6.92 Å². The summed E-state index contributed by atoms with van der Waals surface area (Å²) in [5.41, 5.74) is 4.21. The summed E-state index contributed by atoms with van der Waals surface area (Å²) in [5, 5.41) is 3.05. The van der Waals surface area contributed by atoms with Crippen LogP contribution in [-0.4, -0.2) is 21.8 Å². The molecular formula is C20H23N3O. The number of aromatic nitrogens is 2. The van der Waals surface area contributed by atoms with Gasteiger partial charge in [0.1, 0.15) is 5.65 Å². The lowest BCUT2D eigenvalue weighted by Crippen LogP contribution is -2.30. The monoisotopic (exact) mass is 321 g/mol. The van der Waals surface area contributed by atoms with Gasteiger partial charge in [0.05, 0.1) is 11.6 Å². The zero-order valence-corrected chi connectivity index (χ0v) is 14.2. The van der Waals surface area contributed by atoms with Crippen molar-refractivity contribution < 1.29 is 4.79 Å². The van der Waals surface area contributed by atoms with Gasteiger partial charge in [0, 0.05) is 25.4 Å². The SMILES string of the molecule is CCC(C(=O)NCCc1cn2ccc(C)cc2n1)c1ccccc1. The fraction of sp³-hybridized carbons (Fsp3) is 0.300. The number of hydrogen-bond donors (Lipinski definition) is 1. The van der Waals surface area contributed by atoms with Gasteiger partial charge in [-0.1, -0.05) is 37.3 Å². The average molecular weight is 321 g/mol. The summed E-state index contributed by atoms with van der Waals surface area (Å²) >= 11 is 0. The number of pyridine rings is 1. The van der Waals surface area contributed by atoms with Crippen molar-refractivity contribution in [3.8, 4) is 0 Å². The largest absolute Gasteiger partial charge is 0.355 e. The van der Waals surface area contributed by atoms with E-state index in [9.17, 15) is 4.79 Å². The molecule has 124 valence electrons. The smallest absolute Gasteiger partial charge is 0.227 e. The second-order valence-corrected chi connectivity index (χ2v) is 6.11. The summed E-state index contributed by atoms with van der Waals surface area (Å²) in [6, 6.07) is 14.1. The number of nitrogens with one attached hydrogen (secondary N) is 1. The molecule has 2 heterocycles. The van der Waals surface area contributed by atoms with E-state index in [1.54, 1.807) is 0 Å². The maximum atomic E-state index is 12.4. The van der Waals surface area contributed by atoms with Crippen LogP contribution in [0.5, 0.6) is 0 Å². The number of carbonyl (C=O) groups is 1. The molecule has 24 heavy (non-hydrogen) atoms. The zero-order valence-electron chi connectivity index (χ0n) is 14.2. The fourth-order valence-electron chi connectivity index (χ4n) is 2.95. The quantitative estimate of drug-likeness (QED) is 0.755. The van der Waals surface area contributed by atoms with Gasteiger partial charge in [-0.15, -0.1) is 0 Å². The predicted molar refractivity (Wildman–Crippen MR) is 96.1 cm³/mol. The Bertz CT molecular complexity index is 823. The molecule has 0 aliphatic carbocycles. The number of fused-ring (bicyclic) bond motifs is 1. The molecule has 3 aromatic rings. The Morgan fingerprint density at radius 3 is 2.79 bits per heavy atom. The van der Waals surface area contributed by atoms with E-state index >= 15 is 0 Å². The summed E-state index contributed by atoms with van der Waals surface area (Å²) in [4.78, 5) is 17.1. The Hall–Kier alpha value is -2.62. The van der Waals surface area contributed by atoms with Gasteiger partial charge in [-0.05, 0) is 36.6 Å². The lowest BCUT2D eigenvalue weighted by molar-refractivity contribution is -0.122. The van der Waals surface area contributed by atoms with Crippen molar-refractivity contribution in [3.05, 3.63) is 71.7 Å². The highest BCUT2D eigenvalue weighted by molar-refractivity contribution is 5.83. The second-order valence-electron chi connectivity index (χ2n) is 6.11. The van der Waals surface area contributed by atoms with Gasteiger partial charge in [0.25, 0.3) is 0 Å². The van der Waals surface area contributed by atoms with Crippen molar-refractivity contribution in [2.75, 3.05) is 6.54 Å². The molecule has 0 aliphatic rings. The van der Waals surface area contributed by atoms with Crippen molar-refractivity contribution in [1.29, 1.82) is 0 Å². The van der Waals surface area contributed by atoms with Gasteiger partial charge >= 0.3 is 0 Å².